The quantitative estimate of drug-likeness (QED) is 0.652. The molecule has 1 saturated heterocycles. The van der Waals surface area contributed by atoms with Crippen LogP contribution in [0.5, 0.6) is 0 Å². The summed E-state index contributed by atoms with van der Waals surface area (Å²) in [5, 5.41) is 8.56. The second kappa shape index (κ2) is 4.58. The first kappa shape index (κ1) is 11.6. The summed E-state index contributed by atoms with van der Waals surface area (Å²) >= 11 is 0. The van der Waals surface area contributed by atoms with Crippen molar-refractivity contribution >= 4 is 0 Å². The first-order valence-corrected chi connectivity index (χ1v) is 5.27. The summed E-state index contributed by atoms with van der Waals surface area (Å²) in [6.07, 6.45) is 0.924. The van der Waals surface area contributed by atoms with Crippen molar-refractivity contribution < 1.29 is 18.3 Å². The Kier molecular flexibility index (Phi) is 3.14. The summed E-state index contributed by atoms with van der Waals surface area (Å²) in [5.74, 6) is -1.26. The maximum Gasteiger partial charge on any atom is 0.283 e. The van der Waals surface area contributed by atoms with Crippen molar-refractivity contribution in [2.45, 2.75) is 13.3 Å². The number of nitriles is 1. The Hall–Kier alpha value is -1.83. The summed E-state index contributed by atoms with van der Waals surface area (Å²) in [6.45, 7) is 2.88. The number of hydrogen-bond donors (Lipinski definition) is 0. The van der Waals surface area contributed by atoms with Gasteiger partial charge < -0.3 is 9.47 Å². The first-order chi connectivity index (χ1) is 8.11. The molecule has 0 radical (unpaired) electrons. The van der Waals surface area contributed by atoms with E-state index in [-0.39, 0.29) is 18.3 Å². The second-order valence-electron chi connectivity index (χ2n) is 4.10. The van der Waals surface area contributed by atoms with E-state index in [1.54, 1.807) is 0 Å². The third kappa shape index (κ3) is 2.31. The molecule has 1 heterocycles. The van der Waals surface area contributed by atoms with Crippen molar-refractivity contribution in [2.75, 3.05) is 13.2 Å². The van der Waals surface area contributed by atoms with Crippen LogP contribution in [0.2, 0.25) is 0 Å². The van der Waals surface area contributed by atoms with Crippen LogP contribution in [0, 0.1) is 17.2 Å². The standard InChI is InChI=1S/C12H11F2NO2/c1-7-5-16-12(17-6-7)8-2-10(13)9(4-15)11(14)3-8/h2,7H,3,5-6H2,1H3. The Balaban J connectivity index is 2.25. The van der Waals surface area contributed by atoms with E-state index in [4.69, 9.17) is 14.7 Å². The highest BCUT2D eigenvalue weighted by Crippen LogP contribution is 2.33. The van der Waals surface area contributed by atoms with Crippen molar-refractivity contribution in [1.29, 1.82) is 5.26 Å². The van der Waals surface area contributed by atoms with Crippen molar-refractivity contribution in [3.8, 4) is 6.07 Å². The zero-order chi connectivity index (χ0) is 12.4. The number of allylic oxidation sites excluding steroid dienone is 5. The molecule has 90 valence electrons. The van der Waals surface area contributed by atoms with Crippen molar-refractivity contribution in [3.63, 3.8) is 0 Å². The van der Waals surface area contributed by atoms with E-state index >= 15 is 0 Å². The van der Waals surface area contributed by atoms with Crippen LogP contribution in [0.1, 0.15) is 13.3 Å². The van der Waals surface area contributed by atoms with E-state index in [2.05, 4.69) is 0 Å². The van der Waals surface area contributed by atoms with Gasteiger partial charge in [0.25, 0.3) is 5.95 Å². The molecule has 0 amide bonds. The maximum absolute atomic E-state index is 13.4. The van der Waals surface area contributed by atoms with Crippen LogP contribution in [0.15, 0.2) is 34.8 Å². The Morgan fingerprint density at radius 2 is 2.00 bits per heavy atom. The SMILES string of the molecule is CC1COC(=C2C=C(F)C(C#N)=C(F)C2)OC1. The number of rotatable bonds is 0. The minimum atomic E-state index is -0.885. The van der Waals surface area contributed by atoms with Crippen LogP contribution < -0.4 is 0 Å². The van der Waals surface area contributed by atoms with Crippen LogP contribution in [0.3, 0.4) is 0 Å². The maximum atomic E-state index is 13.4. The zero-order valence-electron chi connectivity index (χ0n) is 9.30. The monoisotopic (exact) mass is 239 g/mol. The van der Waals surface area contributed by atoms with Gasteiger partial charge in [-0.05, 0) is 6.08 Å². The van der Waals surface area contributed by atoms with Crippen LogP contribution in [0.25, 0.3) is 0 Å². The van der Waals surface area contributed by atoms with Gasteiger partial charge in [0.05, 0.1) is 13.2 Å². The average Bonchev–Trinajstić information content (AvgIpc) is 2.29. The van der Waals surface area contributed by atoms with Gasteiger partial charge in [-0.2, -0.15) is 5.26 Å². The molecule has 0 spiro atoms. The molecular weight excluding hydrogens is 228 g/mol. The summed E-state index contributed by atoms with van der Waals surface area (Å²) < 4.78 is 37.3. The molecule has 3 nitrogen and oxygen atoms in total. The van der Waals surface area contributed by atoms with Crippen molar-refractivity contribution in [2.24, 2.45) is 5.92 Å². The highest BCUT2D eigenvalue weighted by Gasteiger charge is 2.25. The van der Waals surface area contributed by atoms with Crippen molar-refractivity contribution in [1.82, 2.24) is 0 Å². The molecule has 0 bridgehead atoms. The van der Waals surface area contributed by atoms with Gasteiger partial charge in [0.2, 0.25) is 0 Å². The van der Waals surface area contributed by atoms with Gasteiger partial charge in [0.1, 0.15) is 23.3 Å². The fraction of sp³-hybridized carbons (Fsp3) is 0.417. The number of nitrogens with zero attached hydrogens (tertiary/aromatic N) is 1. The lowest BCUT2D eigenvalue weighted by atomic mass is 10.0. The molecule has 2 rings (SSSR count). The lowest BCUT2D eigenvalue weighted by Gasteiger charge is -2.25. The predicted molar refractivity (Wildman–Crippen MR) is 55.6 cm³/mol. The minimum absolute atomic E-state index is 0.158. The molecule has 0 aromatic carbocycles. The Morgan fingerprint density at radius 3 is 2.53 bits per heavy atom. The summed E-state index contributed by atoms with van der Waals surface area (Å²) in [6, 6.07) is 1.49. The summed E-state index contributed by atoms with van der Waals surface area (Å²) in [4.78, 5) is 0. The zero-order valence-corrected chi connectivity index (χ0v) is 9.30. The summed E-state index contributed by atoms with van der Waals surface area (Å²) in [5.41, 5.74) is -0.246. The van der Waals surface area contributed by atoms with E-state index in [0.29, 0.717) is 18.8 Å². The van der Waals surface area contributed by atoms with Gasteiger partial charge in [-0.15, -0.1) is 0 Å². The fourth-order valence-electron chi connectivity index (χ4n) is 1.62. The van der Waals surface area contributed by atoms with Gasteiger partial charge in [-0.1, -0.05) is 6.92 Å². The lowest BCUT2D eigenvalue weighted by Crippen LogP contribution is -2.21. The van der Waals surface area contributed by atoms with Crippen LogP contribution in [-0.2, 0) is 9.47 Å². The van der Waals surface area contributed by atoms with Crippen molar-refractivity contribution in [3.05, 3.63) is 34.8 Å². The summed E-state index contributed by atoms with van der Waals surface area (Å²) in [7, 11) is 0. The van der Waals surface area contributed by atoms with E-state index in [9.17, 15) is 8.78 Å². The van der Waals surface area contributed by atoms with Crippen LogP contribution in [-0.4, -0.2) is 13.2 Å². The fourth-order valence-corrected chi connectivity index (χ4v) is 1.62. The molecule has 1 aliphatic carbocycles. The third-order valence-electron chi connectivity index (χ3n) is 2.53. The Morgan fingerprint density at radius 1 is 1.35 bits per heavy atom. The van der Waals surface area contributed by atoms with Gasteiger partial charge in [-0.25, -0.2) is 8.78 Å². The first-order valence-electron chi connectivity index (χ1n) is 5.27. The molecule has 5 heteroatoms. The van der Waals surface area contributed by atoms with Gasteiger partial charge in [0.15, 0.2) is 0 Å². The van der Waals surface area contributed by atoms with Gasteiger partial charge in [-0.3, -0.25) is 0 Å². The molecule has 0 N–H and O–H groups in total. The highest BCUT2D eigenvalue weighted by atomic mass is 19.1. The van der Waals surface area contributed by atoms with E-state index in [1.807, 2.05) is 6.92 Å². The van der Waals surface area contributed by atoms with E-state index < -0.39 is 17.2 Å². The van der Waals surface area contributed by atoms with Crippen LogP contribution in [0.4, 0.5) is 8.78 Å². The molecule has 1 fully saturated rings. The largest absolute Gasteiger partial charge is 0.465 e. The second-order valence-corrected chi connectivity index (χ2v) is 4.10. The molecule has 0 aromatic rings. The number of halogens is 2. The number of hydrogen-bond acceptors (Lipinski definition) is 3. The van der Waals surface area contributed by atoms with Gasteiger partial charge >= 0.3 is 0 Å². The Bertz CT molecular complexity index is 461. The lowest BCUT2D eigenvalue weighted by molar-refractivity contribution is -0.0475. The van der Waals surface area contributed by atoms with E-state index in [1.165, 1.54) is 6.07 Å². The minimum Gasteiger partial charge on any atom is -0.465 e. The van der Waals surface area contributed by atoms with Gasteiger partial charge in [0, 0.05) is 17.9 Å². The smallest absolute Gasteiger partial charge is 0.283 e. The predicted octanol–water partition coefficient (Wildman–Crippen LogP) is 2.89. The molecule has 17 heavy (non-hydrogen) atoms. The third-order valence-corrected chi connectivity index (χ3v) is 2.53. The highest BCUT2D eigenvalue weighted by molar-refractivity contribution is 5.49. The molecule has 0 saturated carbocycles. The van der Waals surface area contributed by atoms with E-state index in [0.717, 1.165) is 6.08 Å². The Labute approximate surface area is 97.6 Å². The van der Waals surface area contributed by atoms with Crippen LogP contribution >= 0.6 is 0 Å². The molecular formula is C12H11F2NO2. The molecule has 0 aromatic heterocycles. The molecule has 0 unspecified atom stereocenters. The number of ether oxygens (including phenoxy) is 2. The normalized spacial score (nSPS) is 24.8. The molecule has 2 aliphatic rings. The molecule has 0 atom stereocenters. The topological polar surface area (TPSA) is 42.2 Å². The average molecular weight is 239 g/mol. The molecule has 1 aliphatic heterocycles.